The number of ether oxygens (including phenoxy) is 5. The van der Waals surface area contributed by atoms with Crippen molar-refractivity contribution in [3.8, 4) is 28.7 Å². The van der Waals surface area contributed by atoms with Crippen LogP contribution in [0.3, 0.4) is 0 Å². The Hall–Kier alpha value is -3.59. The molecule has 1 N–H and O–H groups in total. The van der Waals surface area contributed by atoms with Crippen LogP contribution in [0.15, 0.2) is 36.5 Å². The van der Waals surface area contributed by atoms with Gasteiger partial charge in [0.2, 0.25) is 18.5 Å². The summed E-state index contributed by atoms with van der Waals surface area (Å²) in [6.45, 7) is 0.147. The van der Waals surface area contributed by atoms with E-state index < -0.39 is 0 Å². The third kappa shape index (κ3) is 3.91. The topological polar surface area (TPSA) is 87.2 Å². The van der Waals surface area contributed by atoms with Gasteiger partial charge in [0.1, 0.15) is 11.5 Å². The lowest BCUT2D eigenvalue weighted by Gasteiger charge is -2.21. The predicted octanol–water partition coefficient (Wildman–Crippen LogP) is 4.40. The van der Waals surface area contributed by atoms with Gasteiger partial charge in [-0.15, -0.1) is 0 Å². The summed E-state index contributed by atoms with van der Waals surface area (Å²) < 4.78 is 27.2. The lowest BCUT2D eigenvalue weighted by atomic mass is 10.2. The van der Waals surface area contributed by atoms with Crippen molar-refractivity contribution in [2.24, 2.45) is 0 Å². The van der Waals surface area contributed by atoms with Crippen molar-refractivity contribution in [1.82, 2.24) is 9.97 Å². The van der Waals surface area contributed by atoms with Gasteiger partial charge in [-0.1, -0.05) is 11.6 Å². The van der Waals surface area contributed by atoms with E-state index in [0.29, 0.717) is 56.9 Å². The first kappa shape index (κ1) is 20.7. The third-order valence-corrected chi connectivity index (χ3v) is 5.01. The first-order valence-corrected chi connectivity index (χ1v) is 9.65. The highest BCUT2D eigenvalue weighted by Gasteiger charge is 2.24. The molecule has 0 atom stereocenters. The minimum atomic E-state index is 0.147. The van der Waals surface area contributed by atoms with Crippen molar-refractivity contribution < 1.29 is 23.7 Å². The summed E-state index contributed by atoms with van der Waals surface area (Å²) in [5, 5.41) is 3.68. The van der Waals surface area contributed by atoms with Crippen LogP contribution >= 0.6 is 11.6 Å². The number of hydrogen-bond acceptors (Lipinski definition) is 9. The number of anilines is 4. The van der Waals surface area contributed by atoms with Crippen LogP contribution in [-0.4, -0.2) is 45.1 Å². The van der Waals surface area contributed by atoms with Crippen molar-refractivity contribution in [2.75, 3.05) is 45.4 Å². The van der Waals surface area contributed by atoms with Gasteiger partial charge in [-0.25, -0.2) is 4.98 Å². The van der Waals surface area contributed by atoms with Gasteiger partial charge in [0.05, 0.1) is 26.4 Å². The molecule has 1 aliphatic rings. The summed E-state index contributed by atoms with van der Waals surface area (Å²) in [5.74, 6) is 3.72. The maximum Gasteiger partial charge on any atom is 0.231 e. The van der Waals surface area contributed by atoms with E-state index in [1.54, 1.807) is 57.9 Å². The SMILES string of the molecule is COc1cc(Nc2nccc(N(C)c3c(Cl)ccc4c3OCO4)n2)cc(OC)c1OC. The Labute approximate surface area is 184 Å². The quantitative estimate of drug-likeness (QED) is 0.569. The van der Waals surface area contributed by atoms with Crippen LogP contribution in [0.2, 0.25) is 5.02 Å². The molecule has 0 amide bonds. The number of methoxy groups -OCH3 is 3. The molecular formula is C21H21ClN4O5. The Bertz CT molecular complexity index is 1090. The van der Waals surface area contributed by atoms with Crippen molar-refractivity contribution in [1.29, 1.82) is 0 Å². The summed E-state index contributed by atoms with van der Waals surface area (Å²) in [5.41, 5.74) is 1.33. The first-order valence-electron chi connectivity index (χ1n) is 9.27. The molecule has 0 radical (unpaired) electrons. The van der Waals surface area contributed by atoms with Crippen LogP contribution < -0.4 is 33.9 Å². The Morgan fingerprint density at radius 2 is 1.77 bits per heavy atom. The van der Waals surface area contributed by atoms with Gasteiger partial charge in [0.25, 0.3) is 0 Å². The van der Waals surface area contributed by atoms with Gasteiger partial charge in [-0.2, -0.15) is 4.98 Å². The first-order chi connectivity index (χ1) is 15.0. The monoisotopic (exact) mass is 444 g/mol. The Balaban J connectivity index is 1.65. The molecule has 0 unspecified atom stereocenters. The maximum atomic E-state index is 6.44. The average molecular weight is 445 g/mol. The summed E-state index contributed by atoms with van der Waals surface area (Å²) in [4.78, 5) is 10.7. The molecule has 2 aromatic carbocycles. The predicted molar refractivity (Wildman–Crippen MR) is 117 cm³/mol. The lowest BCUT2D eigenvalue weighted by Crippen LogP contribution is -2.13. The number of fused-ring (bicyclic) bond motifs is 1. The number of rotatable bonds is 7. The second-order valence-corrected chi connectivity index (χ2v) is 6.87. The average Bonchev–Trinajstić information content (AvgIpc) is 3.26. The van der Waals surface area contributed by atoms with Gasteiger partial charge in [0, 0.05) is 31.1 Å². The minimum Gasteiger partial charge on any atom is -0.493 e. The Morgan fingerprint density at radius 1 is 1.03 bits per heavy atom. The Kier molecular flexibility index (Phi) is 5.77. The van der Waals surface area contributed by atoms with Crippen LogP contribution in [0.5, 0.6) is 28.7 Å². The number of nitrogens with one attached hydrogen (secondary N) is 1. The van der Waals surface area contributed by atoms with Crippen LogP contribution in [0.25, 0.3) is 0 Å². The molecule has 0 aliphatic carbocycles. The number of nitrogens with zero attached hydrogens (tertiary/aromatic N) is 3. The number of benzene rings is 2. The van der Waals surface area contributed by atoms with Gasteiger partial charge in [-0.3, -0.25) is 0 Å². The maximum absolute atomic E-state index is 6.44. The van der Waals surface area contributed by atoms with E-state index in [2.05, 4.69) is 15.3 Å². The van der Waals surface area contributed by atoms with E-state index in [1.807, 2.05) is 11.9 Å². The zero-order valence-corrected chi connectivity index (χ0v) is 18.2. The molecule has 0 bridgehead atoms. The number of hydrogen-bond donors (Lipinski definition) is 1. The fourth-order valence-electron chi connectivity index (χ4n) is 3.24. The number of halogens is 1. The van der Waals surface area contributed by atoms with Crippen LogP contribution in [0.1, 0.15) is 0 Å². The molecule has 9 nitrogen and oxygen atoms in total. The zero-order chi connectivity index (χ0) is 22.0. The molecule has 4 rings (SSSR count). The molecular weight excluding hydrogens is 424 g/mol. The second-order valence-electron chi connectivity index (χ2n) is 6.47. The van der Waals surface area contributed by atoms with Crippen LogP contribution in [0, 0.1) is 0 Å². The smallest absolute Gasteiger partial charge is 0.231 e. The van der Waals surface area contributed by atoms with Crippen molar-refractivity contribution >= 4 is 34.7 Å². The molecule has 162 valence electrons. The molecule has 0 saturated heterocycles. The highest BCUT2D eigenvalue weighted by atomic mass is 35.5. The van der Waals surface area contributed by atoms with Gasteiger partial charge in [0.15, 0.2) is 23.0 Å². The lowest BCUT2D eigenvalue weighted by molar-refractivity contribution is 0.174. The third-order valence-electron chi connectivity index (χ3n) is 4.70. The molecule has 2 heterocycles. The summed E-state index contributed by atoms with van der Waals surface area (Å²) in [7, 11) is 6.51. The standard InChI is InChI=1S/C21H21ClN4O5/c1-26(18-13(22)5-6-14-20(18)31-11-30-14)17-7-8-23-21(25-17)24-12-9-15(27-2)19(29-4)16(10-12)28-3/h5-10H,11H2,1-4H3,(H,23,24,25). The van der Waals surface area contributed by atoms with Gasteiger partial charge < -0.3 is 33.9 Å². The van der Waals surface area contributed by atoms with E-state index in [9.17, 15) is 0 Å². The molecule has 10 heteroatoms. The van der Waals surface area contributed by atoms with E-state index in [4.69, 9.17) is 35.3 Å². The van der Waals surface area contributed by atoms with Crippen LogP contribution in [0.4, 0.5) is 23.1 Å². The summed E-state index contributed by atoms with van der Waals surface area (Å²) >= 11 is 6.44. The van der Waals surface area contributed by atoms with E-state index in [1.165, 1.54) is 0 Å². The largest absolute Gasteiger partial charge is 0.493 e. The fraction of sp³-hybridized carbons (Fsp3) is 0.238. The number of aromatic nitrogens is 2. The van der Waals surface area contributed by atoms with Gasteiger partial charge >= 0.3 is 0 Å². The van der Waals surface area contributed by atoms with Crippen molar-refractivity contribution in [2.45, 2.75) is 0 Å². The molecule has 0 fully saturated rings. The zero-order valence-electron chi connectivity index (χ0n) is 17.4. The molecule has 1 aromatic heterocycles. The van der Waals surface area contributed by atoms with Gasteiger partial charge in [-0.05, 0) is 18.2 Å². The van der Waals surface area contributed by atoms with E-state index in [-0.39, 0.29) is 6.79 Å². The van der Waals surface area contributed by atoms with Crippen LogP contribution in [-0.2, 0) is 0 Å². The highest BCUT2D eigenvalue weighted by Crippen LogP contribution is 2.47. The molecule has 31 heavy (non-hydrogen) atoms. The summed E-state index contributed by atoms with van der Waals surface area (Å²) in [6, 6.07) is 8.85. The normalized spacial score (nSPS) is 11.8. The Morgan fingerprint density at radius 3 is 2.45 bits per heavy atom. The van der Waals surface area contributed by atoms with Crippen molar-refractivity contribution in [3.05, 3.63) is 41.6 Å². The molecule has 1 aliphatic heterocycles. The van der Waals surface area contributed by atoms with E-state index >= 15 is 0 Å². The van der Waals surface area contributed by atoms with E-state index in [0.717, 1.165) is 0 Å². The molecule has 0 spiro atoms. The fourth-order valence-corrected chi connectivity index (χ4v) is 3.51. The second kappa shape index (κ2) is 8.65. The molecule has 3 aromatic rings. The minimum absolute atomic E-state index is 0.147. The summed E-state index contributed by atoms with van der Waals surface area (Å²) in [6.07, 6.45) is 1.65. The van der Waals surface area contributed by atoms with Crippen molar-refractivity contribution in [3.63, 3.8) is 0 Å². The molecule has 0 saturated carbocycles. The highest BCUT2D eigenvalue weighted by molar-refractivity contribution is 6.34.